The zero-order chi connectivity index (χ0) is 15.6. The highest BCUT2D eigenvalue weighted by Crippen LogP contribution is 2.44. The second kappa shape index (κ2) is 6.66. The summed E-state index contributed by atoms with van der Waals surface area (Å²) in [5.41, 5.74) is 1.67. The van der Waals surface area contributed by atoms with E-state index in [1.54, 1.807) is 0 Å². The molecule has 1 aromatic rings. The topological polar surface area (TPSA) is 28.2 Å². The van der Waals surface area contributed by atoms with Crippen molar-refractivity contribution < 1.29 is 0 Å². The van der Waals surface area contributed by atoms with Crippen molar-refractivity contribution in [3.8, 4) is 0 Å². The van der Waals surface area contributed by atoms with Crippen molar-refractivity contribution in [2.75, 3.05) is 18.5 Å². The highest BCUT2D eigenvalue weighted by Gasteiger charge is 2.35. The largest absolute Gasteiger partial charge is 0.348 e. The number of rotatable bonds is 6. The standard InChI is InChI=1S/C17H31N3S/c1-7-9-12(3)20(6)16-19-14-11-17(4,5)10-13(18-8-2)15(14)21-16/h12-13,18H,7-11H2,1-6H3. The van der Waals surface area contributed by atoms with Crippen LogP contribution < -0.4 is 10.2 Å². The lowest BCUT2D eigenvalue weighted by molar-refractivity contribution is 0.260. The van der Waals surface area contributed by atoms with Gasteiger partial charge in [0.1, 0.15) is 0 Å². The van der Waals surface area contributed by atoms with Gasteiger partial charge in [0, 0.05) is 24.0 Å². The Bertz CT molecular complexity index is 467. The molecular weight excluding hydrogens is 278 g/mol. The molecule has 0 aliphatic heterocycles. The fourth-order valence-electron chi connectivity index (χ4n) is 3.28. The summed E-state index contributed by atoms with van der Waals surface area (Å²) in [4.78, 5) is 8.82. The van der Waals surface area contributed by atoms with E-state index in [0.29, 0.717) is 17.5 Å². The first kappa shape index (κ1) is 16.8. The number of anilines is 1. The van der Waals surface area contributed by atoms with Gasteiger partial charge in [0.15, 0.2) is 5.13 Å². The number of hydrogen-bond donors (Lipinski definition) is 1. The molecule has 3 nitrogen and oxygen atoms in total. The minimum atomic E-state index is 0.346. The number of hydrogen-bond acceptors (Lipinski definition) is 4. The molecule has 0 bridgehead atoms. The van der Waals surface area contributed by atoms with Gasteiger partial charge in [-0.15, -0.1) is 0 Å². The van der Waals surface area contributed by atoms with Crippen LogP contribution in [0.4, 0.5) is 5.13 Å². The molecule has 1 aliphatic carbocycles. The van der Waals surface area contributed by atoms with Crippen LogP contribution in [0.1, 0.15) is 70.5 Å². The molecule has 1 aliphatic rings. The third-order valence-corrected chi connectivity index (χ3v) is 5.86. The van der Waals surface area contributed by atoms with Gasteiger partial charge in [-0.3, -0.25) is 0 Å². The van der Waals surface area contributed by atoms with Gasteiger partial charge in [0.25, 0.3) is 0 Å². The normalized spacial score (nSPS) is 21.9. The quantitative estimate of drug-likeness (QED) is 0.844. The maximum atomic E-state index is 4.99. The summed E-state index contributed by atoms with van der Waals surface area (Å²) in [6.45, 7) is 12.5. The van der Waals surface area contributed by atoms with Crippen LogP contribution in [0.25, 0.3) is 0 Å². The van der Waals surface area contributed by atoms with E-state index in [1.807, 2.05) is 11.3 Å². The molecule has 0 radical (unpaired) electrons. The summed E-state index contributed by atoms with van der Waals surface area (Å²) in [7, 11) is 2.19. The van der Waals surface area contributed by atoms with E-state index >= 15 is 0 Å². The molecule has 4 heteroatoms. The first-order chi connectivity index (χ1) is 9.88. The van der Waals surface area contributed by atoms with E-state index in [2.05, 4.69) is 51.9 Å². The van der Waals surface area contributed by atoms with Gasteiger partial charge in [0.2, 0.25) is 0 Å². The molecule has 120 valence electrons. The smallest absolute Gasteiger partial charge is 0.185 e. The van der Waals surface area contributed by atoms with Crippen molar-refractivity contribution in [3.63, 3.8) is 0 Å². The molecule has 1 heterocycles. The molecule has 21 heavy (non-hydrogen) atoms. The molecular formula is C17H31N3S. The maximum Gasteiger partial charge on any atom is 0.185 e. The average molecular weight is 310 g/mol. The molecule has 0 saturated heterocycles. The van der Waals surface area contributed by atoms with Gasteiger partial charge in [-0.1, -0.05) is 45.5 Å². The van der Waals surface area contributed by atoms with Crippen LogP contribution >= 0.6 is 11.3 Å². The van der Waals surface area contributed by atoms with Gasteiger partial charge in [-0.25, -0.2) is 4.98 Å². The van der Waals surface area contributed by atoms with Crippen molar-refractivity contribution in [1.29, 1.82) is 0 Å². The van der Waals surface area contributed by atoms with Gasteiger partial charge >= 0.3 is 0 Å². The van der Waals surface area contributed by atoms with E-state index in [0.717, 1.165) is 13.0 Å². The van der Waals surface area contributed by atoms with Crippen LogP contribution in [0.5, 0.6) is 0 Å². The Morgan fingerprint density at radius 1 is 1.43 bits per heavy atom. The lowest BCUT2D eigenvalue weighted by atomic mass is 9.76. The first-order valence-electron chi connectivity index (χ1n) is 8.33. The third kappa shape index (κ3) is 3.78. The van der Waals surface area contributed by atoms with Crippen LogP contribution in [-0.2, 0) is 6.42 Å². The molecule has 2 rings (SSSR count). The molecule has 0 spiro atoms. The Hall–Kier alpha value is -0.610. The lowest BCUT2D eigenvalue weighted by Gasteiger charge is -2.34. The minimum absolute atomic E-state index is 0.346. The summed E-state index contributed by atoms with van der Waals surface area (Å²) < 4.78 is 0. The maximum absolute atomic E-state index is 4.99. The van der Waals surface area contributed by atoms with Crippen molar-refractivity contribution >= 4 is 16.5 Å². The Labute approximate surface area is 134 Å². The summed E-state index contributed by atoms with van der Waals surface area (Å²) in [5, 5.41) is 4.85. The fourth-order valence-corrected chi connectivity index (χ4v) is 4.50. The average Bonchev–Trinajstić information content (AvgIpc) is 2.80. The van der Waals surface area contributed by atoms with Crippen LogP contribution in [0.3, 0.4) is 0 Å². The van der Waals surface area contributed by atoms with Crippen LogP contribution in [-0.4, -0.2) is 24.6 Å². The number of fused-ring (bicyclic) bond motifs is 1. The second-order valence-corrected chi connectivity index (χ2v) is 8.22. The zero-order valence-electron chi connectivity index (χ0n) is 14.5. The van der Waals surface area contributed by atoms with Gasteiger partial charge in [-0.05, 0) is 38.1 Å². The van der Waals surface area contributed by atoms with Crippen LogP contribution in [0, 0.1) is 5.41 Å². The summed E-state index contributed by atoms with van der Waals surface area (Å²) in [6.07, 6.45) is 4.77. The predicted octanol–water partition coefficient (Wildman–Crippen LogP) is 4.39. The molecule has 0 aromatic carbocycles. The van der Waals surface area contributed by atoms with Gasteiger partial charge in [-0.2, -0.15) is 0 Å². The molecule has 0 fully saturated rings. The van der Waals surface area contributed by atoms with E-state index in [9.17, 15) is 0 Å². The lowest BCUT2D eigenvalue weighted by Crippen LogP contribution is -2.32. The Morgan fingerprint density at radius 2 is 2.14 bits per heavy atom. The van der Waals surface area contributed by atoms with Crippen LogP contribution in [0.2, 0.25) is 0 Å². The van der Waals surface area contributed by atoms with Crippen molar-refractivity contribution in [2.24, 2.45) is 5.41 Å². The second-order valence-electron chi connectivity index (χ2n) is 7.21. The molecule has 2 unspecified atom stereocenters. The molecule has 0 saturated carbocycles. The summed E-state index contributed by atoms with van der Waals surface area (Å²) in [6, 6.07) is 1.04. The Balaban J connectivity index is 2.26. The van der Waals surface area contributed by atoms with Crippen LogP contribution in [0.15, 0.2) is 0 Å². The Kier molecular flexibility index (Phi) is 5.31. The number of thiazole rings is 1. The highest BCUT2D eigenvalue weighted by molar-refractivity contribution is 7.15. The SMILES string of the molecule is CCCC(C)N(C)c1nc2c(s1)C(NCC)CC(C)(C)C2. The van der Waals surface area contributed by atoms with E-state index < -0.39 is 0 Å². The number of aromatic nitrogens is 1. The number of nitrogens with zero attached hydrogens (tertiary/aromatic N) is 2. The van der Waals surface area contributed by atoms with Gasteiger partial charge < -0.3 is 10.2 Å². The highest BCUT2D eigenvalue weighted by atomic mass is 32.1. The predicted molar refractivity (Wildman–Crippen MR) is 93.4 cm³/mol. The van der Waals surface area contributed by atoms with Crippen molar-refractivity contribution in [3.05, 3.63) is 10.6 Å². The summed E-state index contributed by atoms with van der Waals surface area (Å²) in [5.74, 6) is 0. The number of nitrogens with one attached hydrogen (secondary N) is 1. The fraction of sp³-hybridized carbons (Fsp3) is 0.824. The molecule has 0 amide bonds. The summed E-state index contributed by atoms with van der Waals surface area (Å²) >= 11 is 1.90. The first-order valence-corrected chi connectivity index (χ1v) is 9.15. The molecule has 1 N–H and O–H groups in total. The van der Waals surface area contributed by atoms with E-state index in [-0.39, 0.29) is 0 Å². The van der Waals surface area contributed by atoms with Crippen molar-refractivity contribution in [2.45, 2.75) is 72.4 Å². The zero-order valence-corrected chi connectivity index (χ0v) is 15.3. The van der Waals surface area contributed by atoms with Gasteiger partial charge in [0.05, 0.1) is 5.69 Å². The van der Waals surface area contributed by atoms with Crippen molar-refractivity contribution in [1.82, 2.24) is 10.3 Å². The third-order valence-electron chi connectivity index (χ3n) is 4.56. The monoisotopic (exact) mass is 309 g/mol. The van der Waals surface area contributed by atoms with E-state index in [1.165, 1.54) is 35.0 Å². The molecule has 2 atom stereocenters. The van der Waals surface area contributed by atoms with E-state index in [4.69, 9.17) is 4.98 Å². The Morgan fingerprint density at radius 3 is 2.76 bits per heavy atom. The minimum Gasteiger partial charge on any atom is -0.348 e. The molecule has 1 aromatic heterocycles.